The van der Waals surface area contributed by atoms with Gasteiger partial charge in [0.1, 0.15) is 5.82 Å². The maximum absolute atomic E-state index is 5.86. The van der Waals surface area contributed by atoms with Gasteiger partial charge in [0.15, 0.2) is 16.6 Å². The minimum atomic E-state index is 0.212. The van der Waals surface area contributed by atoms with Gasteiger partial charge in [-0.3, -0.25) is 0 Å². The summed E-state index contributed by atoms with van der Waals surface area (Å²) in [6.07, 6.45) is 3.05. The van der Waals surface area contributed by atoms with Crippen LogP contribution in [0.3, 0.4) is 0 Å². The van der Waals surface area contributed by atoms with E-state index < -0.39 is 0 Å². The molecule has 2 heterocycles. The van der Waals surface area contributed by atoms with Crippen LogP contribution in [-0.2, 0) is 6.42 Å². The van der Waals surface area contributed by atoms with Gasteiger partial charge in [0.2, 0.25) is 5.75 Å². The highest BCUT2D eigenvalue weighted by Crippen LogP contribution is 2.42. The summed E-state index contributed by atoms with van der Waals surface area (Å²) in [6, 6.07) is 3.78. The van der Waals surface area contributed by atoms with Crippen LogP contribution in [0.1, 0.15) is 18.4 Å². The maximum atomic E-state index is 5.86. The summed E-state index contributed by atoms with van der Waals surface area (Å²) in [5.74, 6) is 2.58. The minimum Gasteiger partial charge on any atom is -0.493 e. The molecular weight excluding hydrogens is 340 g/mol. The van der Waals surface area contributed by atoms with Gasteiger partial charge in [-0.15, -0.1) is 0 Å². The molecule has 0 bridgehead atoms. The average molecular weight is 362 g/mol. The quantitative estimate of drug-likeness (QED) is 0.808. The van der Waals surface area contributed by atoms with Gasteiger partial charge >= 0.3 is 0 Å². The molecule has 0 aliphatic carbocycles. The van der Waals surface area contributed by atoms with Gasteiger partial charge in [0.05, 0.1) is 27.0 Å². The SMILES string of the molecule is COc1cc(-c2nn(C(N)=S)c3c2CCCCN3)cc(OC)c1OC. The number of fused-ring (bicyclic) bond motifs is 1. The predicted molar refractivity (Wildman–Crippen MR) is 101 cm³/mol. The molecule has 8 heteroatoms. The number of rotatable bonds is 4. The molecule has 25 heavy (non-hydrogen) atoms. The van der Waals surface area contributed by atoms with Gasteiger partial charge < -0.3 is 25.3 Å². The number of hydrogen-bond donors (Lipinski definition) is 2. The van der Waals surface area contributed by atoms with Crippen LogP contribution < -0.4 is 25.3 Å². The lowest BCUT2D eigenvalue weighted by Crippen LogP contribution is -2.22. The maximum Gasteiger partial charge on any atom is 0.203 e. The Hall–Kier alpha value is -2.48. The Morgan fingerprint density at radius 1 is 1.16 bits per heavy atom. The lowest BCUT2D eigenvalue weighted by atomic mass is 10.0. The summed E-state index contributed by atoms with van der Waals surface area (Å²) in [4.78, 5) is 0. The Labute approximate surface area is 152 Å². The standard InChI is InChI=1S/C17H22N4O3S/c1-22-12-8-10(9-13(23-2)15(12)24-3)14-11-6-4-5-7-19-16(11)21(20-14)17(18)25/h8-9,19H,4-7H2,1-3H3,(H2,18,25). The number of thiocarbonyl (C=S) groups is 1. The van der Waals surface area contributed by atoms with Gasteiger partial charge in [0, 0.05) is 17.7 Å². The molecule has 1 aliphatic heterocycles. The van der Waals surface area contributed by atoms with Crippen molar-refractivity contribution in [1.29, 1.82) is 0 Å². The number of nitrogens with one attached hydrogen (secondary N) is 1. The Morgan fingerprint density at radius 2 is 1.84 bits per heavy atom. The van der Waals surface area contributed by atoms with E-state index in [1.807, 2.05) is 12.1 Å². The summed E-state index contributed by atoms with van der Waals surface area (Å²) in [7, 11) is 4.77. The molecule has 1 aromatic heterocycles. The highest BCUT2D eigenvalue weighted by atomic mass is 32.1. The van der Waals surface area contributed by atoms with E-state index in [-0.39, 0.29) is 5.11 Å². The molecule has 1 aliphatic rings. The first-order valence-electron chi connectivity index (χ1n) is 8.06. The molecule has 0 saturated heterocycles. The lowest BCUT2D eigenvalue weighted by Gasteiger charge is -2.14. The highest BCUT2D eigenvalue weighted by Gasteiger charge is 2.24. The second kappa shape index (κ2) is 7.18. The number of nitrogens with two attached hydrogens (primary N) is 1. The van der Waals surface area contributed by atoms with E-state index >= 15 is 0 Å². The molecule has 0 radical (unpaired) electrons. The molecule has 0 amide bonds. The van der Waals surface area contributed by atoms with Crippen LogP contribution in [0.5, 0.6) is 17.2 Å². The summed E-state index contributed by atoms with van der Waals surface area (Å²) < 4.78 is 17.9. The van der Waals surface area contributed by atoms with Crippen LogP contribution in [0.4, 0.5) is 5.82 Å². The zero-order valence-electron chi connectivity index (χ0n) is 14.6. The van der Waals surface area contributed by atoms with E-state index in [2.05, 4.69) is 10.4 Å². The van der Waals surface area contributed by atoms with Crippen molar-refractivity contribution in [3.63, 3.8) is 0 Å². The number of nitrogens with zero attached hydrogens (tertiary/aromatic N) is 2. The second-order valence-corrected chi connectivity index (χ2v) is 6.14. The molecule has 7 nitrogen and oxygen atoms in total. The van der Waals surface area contributed by atoms with Crippen molar-refractivity contribution in [3.8, 4) is 28.5 Å². The number of ether oxygens (including phenoxy) is 3. The Kier molecular flexibility index (Phi) is 4.98. The van der Waals surface area contributed by atoms with Crippen molar-refractivity contribution in [1.82, 2.24) is 9.78 Å². The van der Waals surface area contributed by atoms with Crippen LogP contribution in [0.15, 0.2) is 12.1 Å². The molecule has 1 aromatic carbocycles. The van der Waals surface area contributed by atoms with Crippen LogP contribution >= 0.6 is 12.2 Å². The lowest BCUT2D eigenvalue weighted by molar-refractivity contribution is 0.324. The fraction of sp³-hybridized carbons (Fsp3) is 0.412. The van der Waals surface area contributed by atoms with Crippen molar-refractivity contribution in [2.45, 2.75) is 19.3 Å². The molecular formula is C17H22N4O3S. The second-order valence-electron chi connectivity index (χ2n) is 5.72. The molecule has 0 unspecified atom stereocenters. The molecule has 0 fully saturated rings. The average Bonchev–Trinajstić information content (AvgIpc) is 2.82. The first-order chi connectivity index (χ1) is 12.1. The fourth-order valence-electron chi connectivity index (χ4n) is 3.11. The number of aromatic nitrogens is 2. The van der Waals surface area contributed by atoms with Crippen LogP contribution in [-0.4, -0.2) is 42.8 Å². The molecule has 0 spiro atoms. The predicted octanol–water partition coefficient (Wildman–Crippen LogP) is 2.42. The van der Waals surface area contributed by atoms with E-state index in [1.54, 1.807) is 26.0 Å². The van der Waals surface area contributed by atoms with E-state index in [0.717, 1.165) is 48.4 Å². The van der Waals surface area contributed by atoms with E-state index in [9.17, 15) is 0 Å². The Bertz CT molecular complexity index is 778. The van der Waals surface area contributed by atoms with E-state index in [0.29, 0.717) is 17.2 Å². The summed E-state index contributed by atoms with van der Waals surface area (Å²) in [5, 5.41) is 8.25. The van der Waals surface area contributed by atoms with Gasteiger partial charge in [-0.1, -0.05) is 0 Å². The molecule has 0 saturated carbocycles. The third-order valence-electron chi connectivity index (χ3n) is 4.28. The minimum absolute atomic E-state index is 0.212. The van der Waals surface area contributed by atoms with Crippen molar-refractivity contribution >= 4 is 23.1 Å². The summed E-state index contributed by atoms with van der Waals surface area (Å²) in [5.41, 5.74) is 8.64. The summed E-state index contributed by atoms with van der Waals surface area (Å²) in [6.45, 7) is 0.871. The molecule has 3 rings (SSSR count). The number of hydrogen-bond acceptors (Lipinski definition) is 6. The zero-order valence-corrected chi connectivity index (χ0v) is 15.4. The Morgan fingerprint density at radius 3 is 2.40 bits per heavy atom. The summed E-state index contributed by atoms with van der Waals surface area (Å²) >= 11 is 5.16. The third kappa shape index (κ3) is 3.09. The topological polar surface area (TPSA) is 83.6 Å². The van der Waals surface area contributed by atoms with Gasteiger partial charge in [-0.2, -0.15) is 9.78 Å². The van der Waals surface area contributed by atoms with Crippen LogP contribution in [0.2, 0.25) is 0 Å². The molecule has 0 atom stereocenters. The molecule has 3 N–H and O–H groups in total. The largest absolute Gasteiger partial charge is 0.493 e. The first-order valence-corrected chi connectivity index (χ1v) is 8.47. The molecule has 134 valence electrons. The monoisotopic (exact) mass is 362 g/mol. The molecule has 2 aromatic rings. The normalized spacial score (nSPS) is 13.4. The van der Waals surface area contributed by atoms with Gasteiger partial charge in [0.25, 0.3) is 0 Å². The van der Waals surface area contributed by atoms with Crippen molar-refractivity contribution in [3.05, 3.63) is 17.7 Å². The van der Waals surface area contributed by atoms with Crippen LogP contribution in [0.25, 0.3) is 11.3 Å². The van der Waals surface area contributed by atoms with E-state index in [4.69, 9.17) is 32.2 Å². The van der Waals surface area contributed by atoms with Crippen molar-refractivity contribution < 1.29 is 14.2 Å². The number of anilines is 1. The van der Waals surface area contributed by atoms with Crippen molar-refractivity contribution in [2.75, 3.05) is 33.2 Å². The van der Waals surface area contributed by atoms with E-state index in [1.165, 1.54) is 0 Å². The first kappa shape index (κ1) is 17.3. The highest BCUT2D eigenvalue weighted by molar-refractivity contribution is 7.80. The fourth-order valence-corrected chi connectivity index (χ4v) is 3.24. The Balaban J connectivity index is 2.21. The zero-order chi connectivity index (χ0) is 18.0. The smallest absolute Gasteiger partial charge is 0.203 e. The number of benzene rings is 1. The van der Waals surface area contributed by atoms with Crippen molar-refractivity contribution in [2.24, 2.45) is 5.73 Å². The van der Waals surface area contributed by atoms with Crippen LogP contribution in [0, 0.1) is 0 Å². The number of methoxy groups -OCH3 is 3. The van der Waals surface area contributed by atoms with Gasteiger partial charge in [-0.05, 0) is 43.6 Å². The van der Waals surface area contributed by atoms with Gasteiger partial charge in [-0.25, -0.2) is 0 Å². The third-order valence-corrected chi connectivity index (χ3v) is 4.45.